The van der Waals surface area contributed by atoms with E-state index >= 15 is 0 Å². The van der Waals surface area contributed by atoms with Crippen LogP contribution in [0.1, 0.15) is 11.7 Å². The molecule has 0 spiro atoms. The van der Waals surface area contributed by atoms with Crippen molar-refractivity contribution >= 4 is 37.3 Å². The van der Waals surface area contributed by atoms with E-state index in [2.05, 4.69) is 30.8 Å². The first-order valence-corrected chi connectivity index (χ1v) is 7.66. The topological polar surface area (TPSA) is 85.1 Å². The number of aryl methyl sites for hydroxylation is 1. The minimum Gasteiger partial charge on any atom is -0.340 e. The third kappa shape index (κ3) is 2.92. The van der Waals surface area contributed by atoms with E-state index in [0.29, 0.717) is 16.2 Å². The van der Waals surface area contributed by atoms with Crippen LogP contribution in [0.5, 0.6) is 0 Å². The van der Waals surface area contributed by atoms with Crippen molar-refractivity contribution in [3.8, 4) is 0 Å². The van der Waals surface area contributed by atoms with Crippen LogP contribution in [0.3, 0.4) is 0 Å². The molecule has 1 N–H and O–H groups in total. The highest BCUT2D eigenvalue weighted by atomic mass is 79.9. The molecule has 0 bridgehead atoms. The fraction of sp³-hybridized carbons (Fsp3) is 0.250. The first-order valence-electron chi connectivity index (χ1n) is 4.51. The lowest BCUT2D eigenvalue weighted by atomic mass is 10.6. The number of hydrogen-bond donors (Lipinski definition) is 1. The van der Waals surface area contributed by atoms with Crippen LogP contribution in [-0.2, 0) is 16.6 Å². The van der Waals surface area contributed by atoms with Crippen molar-refractivity contribution in [2.24, 2.45) is 0 Å². The number of hydrogen-bond acceptors (Lipinski definition) is 6. The van der Waals surface area contributed by atoms with Crippen molar-refractivity contribution in [1.29, 1.82) is 0 Å². The molecule has 2 aromatic heterocycles. The lowest BCUT2D eigenvalue weighted by Crippen LogP contribution is -2.23. The molecule has 0 atom stereocenters. The number of aromatic nitrogens is 2. The van der Waals surface area contributed by atoms with Crippen LogP contribution < -0.4 is 4.72 Å². The molecular formula is C8H8BrN3O3S2. The van der Waals surface area contributed by atoms with Gasteiger partial charge in [0.05, 0.1) is 6.54 Å². The number of thiophene rings is 1. The molecule has 0 aliphatic carbocycles. The Morgan fingerprint density at radius 1 is 1.59 bits per heavy atom. The maximum Gasteiger partial charge on any atom is 0.251 e. The second-order valence-electron chi connectivity index (χ2n) is 3.11. The second kappa shape index (κ2) is 4.84. The summed E-state index contributed by atoms with van der Waals surface area (Å²) in [6, 6.07) is 1.68. The standard InChI is InChI=1S/C8H8BrN3O3S2/c1-5-11-7(12-15-5)4-10-17(13,14)8-6(9)2-3-16-8/h2-3,10H,4H2,1H3. The Labute approximate surface area is 110 Å². The summed E-state index contributed by atoms with van der Waals surface area (Å²) in [6.07, 6.45) is 0. The van der Waals surface area contributed by atoms with Crippen LogP contribution in [-0.4, -0.2) is 18.6 Å². The summed E-state index contributed by atoms with van der Waals surface area (Å²) >= 11 is 4.31. The zero-order chi connectivity index (χ0) is 12.5. The molecule has 6 nitrogen and oxygen atoms in total. The summed E-state index contributed by atoms with van der Waals surface area (Å²) in [5.41, 5.74) is 0. The predicted molar refractivity (Wildman–Crippen MR) is 65.1 cm³/mol. The Kier molecular flexibility index (Phi) is 3.61. The first kappa shape index (κ1) is 12.7. The van der Waals surface area contributed by atoms with Gasteiger partial charge in [0.2, 0.25) is 5.89 Å². The zero-order valence-corrected chi connectivity index (χ0v) is 11.9. The van der Waals surface area contributed by atoms with E-state index in [1.165, 1.54) is 0 Å². The highest BCUT2D eigenvalue weighted by molar-refractivity contribution is 9.10. The second-order valence-corrected chi connectivity index (χ2v) is 6.84. The normalized spacial score (nSPS) is 11.9. The van der Waals surface area contributed by atoms with Gasteiger partial charge in [-0.05, 0) is 27.4 Å². The molecule has 0 unspecified atom stereocenters. The Morgan fingerprint density at radius 3 is 2.88 bits per heavy atom. The maximum absolute atomic E-state index is 11.9. The largest absolute Gasteiger partial charge is 0.340 e. The van der Waals surface area contributed by atoms with Crippen LogP contribution in [0.4, 0.5) is 0 Å². The van der Waals surface area contributed by atoms with Crippen molar-refractivity contribution in [2.75, 3.05) is 0 Å². The van der Waals surface area contributed by atoms with Gasteiger partial charge in [-0.25, -0.2) is 13.1 Å². The van der Waals surface area contributed by atoms with E-state index in [-0.39, 0.29) is 10.8 Å². The van der Waals surface area contributed by atoms with Crippen molar-refractivity contribution < 1.29 is 12.9 Å². The van der Waals surface area contributed by atoms with Crippen molar-refractivity contribution in [1.82, 2.24) is 14.9 Å². The van der Waals surface area contributed by atoms with Gasteiger partial charge in [-0.2, -0.15) is 4.98 Å². The number of nitrogens with one attached hydrogen (secondary N) is 1. The monoisotopic (exact) mass is 337 g/mol. The molecule has 92 valence electrons. The fourth-order valence-electron chi connectivity index (χ4n) is 1.11. The predicted octanol–water partition coefficient (Wildman–Crippen LogP) is 1.68. The highest BCUT2D eigenvalue weighted by Gasteiger charge is 2.19. The van der Waals surface area contributed by atoms with Crippen molar-refractivity contribution in [3.63, 3.8) is 0 Å². The van der Waals surface area contributed by atoms with E-state index in [1.807, 2.05) is 0 Å². The molecule has 0 aliphatic rings. The number of sulfonamides is 1. The summed E-state index contributed by atoms with van der Waals surface area (Å²) < 4.78 is 31.7. The summed E-state index contributed by atoms with van der Waals surface area (Å²) in [4.78, 5) is 3.90. The van der Waals surface area contributed by atoms with Gasteiger partial charge in [-0.3, -0.25) is 0 Å². The van der Waals surface area contributed by atoms with Gasteiger partial charge >= 0.3 is 0 Å². The number of nitrogens with zero attached hydrogens (tertiary/aromatic N) is 2. The lowest BCUT2D eigenvalue weighted by Gasteiger charge is -2.02. The van der Waals surface area contributed by atoms with Gasteiger partial charge in [0.15, 0.2) is 5.82 Å². The van der Waals surface area contributed by atoms with E-state index in [0.717, 1.165) is 11.3 Å². The number of rotatable bonds is 4. The van der Waals surface area contributed by atoms with E-state index < -0.39 is 10.0 Å². The van der Waals surface area contributed by atoms with E-state index in [1.54, 1.807) is 18.4 Å². The molecule has 0 amide bonds. The average Bonchev–Trinajstić information content (AvgIpc) is 2.85. The van der Waals surface area contributed by atoms with Gasteiger partial charge in [0.1, 0.15) is 4.21 Å². The molecule has 0 aliphatic heterocycles. The lowest BCUT2D eigenvalue weighted by molar-refractivity contribution is 0.387. The molecular weight excluding hydrogens is 330 g/mol. The molecule has 0 fully saturated rings. The van der Waals surface area contributed by atoms with Crippen LogP contribution in [0.2, 0.25) is 0 Å². The SMILES string of the molecule is Cc1nc(CNS(=O)(=O)c2sccc2Br)no1. The smallest absolute Gasteiger partial charge is 0.251 e. The average molecular weight is 338 g/mol. The third-order valence-corrected chi connectivity index (χ3v) is 5.89. The van der Waals surface area contributed by atoms with Crippen LogP contribution >= 0.6 is 27.3 Å². The molecule has 2 heterocycles. The van der Waals surface area contributed by atoms with E-state index in [9.17, 15) is 8.42 Å². The molecule has 0 saturated heterocycles. The molecule has 0 aromatic carbocycles. The molecule has 9 heteroatoms. The minimum atomic E-state index is -3.54. The molecule has 17 heavy (non-hydrogen) atoms. The molecule has 2 rings (SSSR count). The van der Waals surface area contributed by atoms with E-state index in [4.69, 9.17) is 4.52 Å². The summed E-state index contributed by atoms with van der Waals surface area (Å²) in [7, 11) is -3.54. The van der Waals surface area contributed by atoms with Crippen molar-refractivity contribution in [2.45, 2.75) is 17.7 Å². The maximum atomic E-state index is 11.9. The van der Waals surface area contributed by atoms with Gasteiger partial charge in [-0.1, -0.05) is 5.16 Å². The van der Waals surface area contributed by atoms with Crippen molar-refractivity contribution in [3.05, 3.63) is 27.6 Å². The summed E-state index contributed by atoms with van der Waals surface area (Å²) in [5.74, 6) is 0.704. The highest BCUT2D eigenvalue weighted by Crippen LogP contribution is 2.27. The molecule has 0 radical (unpaired) electrons. The molecule has 2 aromatic rings. The quantitative estimate of drug-likeness (QED) is 0.917. The zero-order valence-electron chi connectivity index (χ0n) is 8.68. The molecule has 0 saturated carbocycles. The third-order valence-electron chi connectivity index (χ3n) is 1.82. The first-order chi connectivity index (χ1) is 7.99. The number of halogens is 1. The van der Waals surface area contributed by atoms with Crippen LogP contribution in [0, 0.1) is 6.92 Å². The van der Waals surface area contributed by atoms with Crippen LogP contribution in [0.25, 0.3) is 0 Å². The van der Waals surface area contributed by atoms with Gasteiger partial charge < -0.3 is 4.52 Å². The van der Waals surface area contributed by atoms with Gasteiger partial charge in [0, 0.05) is 11.4 Å². The fourth-order valence-corrected chi connectivity index (χ4v) is 4.47. The Hall–Kier alpha value is -0.770. The van der Waals surface area contributed by atoms with Gasteiger partial charge in [0.25, 0.3) is 10.0 Å². The Morgan fingerprint density at radius 2 is 2.35 bits per heavy atom. The summed E-state index contributed by atoms with van der Waals surface area (Å²) in [6.45, 7) is 1.64. The van der Waals surface area contributed by atoms with Gasteiger partial charge in [-0.15, -0.1) is 11.3 Å². The minimum absolute atomic E-state index is 0.00398. The van der Waals surface area contributed by atoms with Crippen LogP contribution in [0.15, 0.2) is 24.7 Å². The summed E-state index contributed by atoms with van der Waals surface area (Å²) in [5, 5.41) is 5.29. The Balaban J connectivity index is 2.11. The Bertz CT molecular complexity index is 620.